The molecule has 1 amide bonds. The number of hydrogen-bond acceptors (Lipinski definition) is 3. The molecule has 0 atom stereocenters. The van der Waals surface area contributed by atoms with Crippen molar-refractivity contribution in [1.82, 2.24) is 5.32 Å². The van der Waals surface area contributed by atoms with E-state index in [0.29, 0.717) is 12.0 Å². The second-order valence-electron chi connectivity index (χ2n) is 3.27. The van der Waals surface area contributed by atoms with Crippen molar-refractivity contribution >= 4 is 5.91 Å². The quantitative estimate of drug-likeness (QED) is 0.600. The van der Waals surface area contributed by atoms with Crippen LogP contribution in [0.1, 0.15) is 12.8 Å². The van der Waals surface area contributed by atoms with Crippen molar-refractivity contribution < 1.29 is 9.53 Å². The molecule has 1 aliphatic carbocycles. The zero-order valence-electron chi connectivity index (χ0n) is 7.38. The summed E-state index contributed by atoms with van der Waals surface area (Å²) in [6.07, 6.45) is 2.04. The van der Waals surface area contributed by atoms with E-state index >= 15 is 0 Å². The molecule has 0 spiro atoms. The summed E-state index contributed by atoms with van der Waals surface area (Å²) in [5, 5.41) is 2.86. The van der Waals surface area contributed by atoms with Crippen LogP contribution in [0.2, 0.25) is 0 Å². The van der Waals surface area contributed by atoms with Gasteiger partial charge in [0.2, 0.25) is 5.91 Å². The number of amides is 1. The van der Waals surface area contributed by atoms with Crippen LogP contribution in [-0.4, -0.2) is 32.2 Å². The predicted octanol–water partition coefficient (Wildman–Crippen LogP) is -0.514. The molecule has 1 fully saturated rings. The van der Waals surface area contributed by atoms with Crippen molar-refractivity contribution in [3.8, 4) is 0 Å². The van der Waals surface area contributed by atoms with Crippen LogP contribution in [0.5, 0.6) is 0 Å². The number of nitrogens with two attached hydrogens (primary N) is 1. The Bertz CT molecular complexity index is 155. The van der Waals surface area contributed by atoms with Crippen molar-refractivity contribution in [1.29, 1.82) is 0 Å². The lowest BCUT2D eigenvalue weighted by Crippen LogP contribution is -2.47. The maximum atomic E-state index is 11.0. The summed E-state index contributed by atoms with van der Waals surface area (Å²) in [6.45, 7) is 0.889. The van der Waals surface area contributed by atoms with Crippen molar-refractivity contribution in [3.05, 3.63) is 0 Å². The van der Waals surface area contributed by atoms with Crippen LogP contribution in [0.25, 0.3) is 0 Å². The average molecular weight is 172 g/mol. The summed E-state index contributed by atoms with van der Waals surface area (Å²) in [5.41, 5.74) is 5.45. The van der Waals surface area contributed by atoms with Crippen LogP contribution >= 0.6 is 0 Å². The Morgan fingerprint density at radius 2 is 2.33 bits per heavy atom. The SMILES string of the molecule is COCC(=O)NC1CC(CN)C1. The molecule has 1 aliphatic rings. The van der Waals surface area contributed by atoms with Gasteiger partial charge in [-0.1, -0.05) is 0 Å². The summed E-state index contributed by atoms with van der Waals surface area (Å²) >= 11 is 0. The van der Waals surface area contributed by atoms with Gasteiger partial charge in [0.1, 0.15) is 6.61 Å². The molecule has 0 radical (unpaired) electrons. The van der Waals surface area contributed by atoms with E-state index in [9.17, 15) is 4.79 Å². The van der Waals surface area contributed by atoms with E-state index in [0.717, 1.165) is 19.4 Å². The predicted molar refractivity (Wildman–Crippen MR) is 45.6 cm³/mol. The first-order valence-electron chi connectivity index (χ1n) is 4.24. The Labute approximate surface area is 72.5 Å². The van der Waals surface area contributed by atoms with Gasteiger partial charge in [0.05, 0.1) is 0 Å². The lowest BCUT2D eigenvalue weighted by molar-refractivity contribution is -0.126. The molecule has 12 heavy (non-hydrogen) atoms. The summed E-state index contributed by atoms with van der Waals surface area (Å²) in [7, 11) is 1.52. The molecular formula is C8H16N2O2. The maximum absolute atomic E-state index is 11.0. The number of carbonyl (C=O) groups is 1. The maximum Gasteiger partial charge on any atom is 0.246 e. The van der Waals surface area contributed by atoms with Gasteiger partial charge in [0.25, 0.3) is 0 Å². The van der Waals surface area contributed by atoms with Crippen LogP contribution in [-0.2, 0) is 9.53 Å². The van der Waals surface area contributed by atoms with Gasteiger partial charge in [-0.05, 0) is 25.3 Å². The Morgan fingerprint density at radius 3 is 2.83 bits per heavy atom. The minimum Gasteiger partial charge on any atom is -0.375 e. The van der Waals surface area contributed by atoms with Crippen LogP contribution < -0.4 is 11.1 Å². The second-order valence-corrected chi connectivity index (χ2v) is 3.27. The van der Waals surface area contributed by atoms with Crippen molar-refractivity contribution in [2.24, 2.45) is 11.7 Å². The average Bonchev–Trinajstić information content (AvgIpc) is 1.96. The molecule has 1 saturated carbocycles. The summed E-state index contributed by atoms with van der Waals surface area (Å²) in [5.74, 6) is 0.579. The highest BCUT2D eigenvalue weighted by molar-refractivity contribution is 5.77. The van der Waals surface area contributed by atoms with Gasteiger partial charge < -0.3 is 15.8 Å². The van der Waals surface area contributed by atoms with Gasteiger partial charge in [0.15, 0.2) is 0 Å². The monoisotopic (exact) mass is 172 g/mol. The third-order valence-corrected chi connectivity index (χ3v) is 2.21. The van der Waals surface area contributed by atoms with Crippen molar-refractivity contribution in [3.63, 3.8) is 0 Å². The Balaban J connectivity index is 2.06. The van der Waals surface area contributed by atoms with E-state index in [1.54, 1.807) is 0 Å². The van der Waals surface area contributed by atoms with Crippen LogP contribution in [0.3, 0.4) is 0 Å². The highest BCUT2D eigenvalue weighted by Gasteiger charge is 2.28. The highest BCUT2D eigenvalue weighted by atomic mass is 16.5. The molecule has 0 aromatic rings. The van der Waals surface area contributed by atoms with E-state index < -0.39 is 0 Å². The van der Waals surface area contributed by atoms with Crippen molar-refractivity contribution in [2.45, 2.75) is 18.9 Å². The standard InChI is InChI=1S/C8H16N2O2/c1-12-5-8(11)10-7-2-6(3-7)4-9/h6-7H,2-5,9H2,1H3,(H,10,11). The third kappa shape index (κ3) is 2.46. The Hall–Kier alpha value is -0.610. The normalized spacial score (nSPS) is 27.8. The molecule has 0 aliphatic heterocycles. The van der Waals surface area contributed by atoms with Gasteiger partial charge in [-0.25, -0.2) is 0 Å². The van der Waals surface area contributed by atoms with Crippen LogP contribution in [0.15, 0.2) is 0 Å². The van der Waals surface area contributed by atoms with E-state index in [4.69, 9.17) is 5.73 Å². The first-order chi connectivity index (χ1) is 5.76. The first-order valence-corrected chi connectivity index (χ1v) is 4.24. The summed E-state index contributed by atoms with van der Waals surface area (Å²) < 4.78 is 4.69. The number of ether oxygens (including phenoxy) is 1. The Morgan fingerprint density at radius 1 is 1.67 bits per heavy atom. The lowest BCUT2D eigenvalue weighted by atomic mass is 9.80. The van der Waals surface area contributed by atoms with Gasteiger partial charge >= 0.3 is 0 Å². The molecule has 0 aromatic carbocycles. The number of rotatable bonds is 4. The lowest BCUT2D eigenvalue weighted by Gasteiger charge is -2.34. The largest absolute Gasteiger partial charge is 0.375 e. The third-order valence-electron chi connectivity index (χ3n) is 2.21. The fourth-order valence-corrected chi connectivity index (χ4v) is 1.45. The summed E-state index contributed by atoms with van der Waals surface area (Å²) in [4.78, 5) is 11.0. The Kier molecular flexibility index (Phi) is 3.49. The van der Waals surface area contributed by atoms with Gasteiger partial charge in [-0.3, -0.25) is 4.79 Å². The van der Waals surface area contributed by atoms with Crippen molar-refractivity contribution in [2.75, 3.05) is 20.3 Å². The molecular weight excluding hydrogens is 156 g/mol. The zero-order chi connectivity index (χ0) is 8.97. The van der Waals surface area contributed by atoms with E-state index in [2.05, 4.69) is 10.1 Å². The topological polar surface area (TPSA) is 64.3 Å². The first kappa shape index (κ1) is 9.48. The van der Waals surface area contributed by atoms with Crippen LogP contribution in [0.4, 0.5) is 0 Å². The molecule has 0 aromatic heterocycles. The van der Waals surface area contributed by atoms with Gasteiger partial charge in [-0.2, -0.15) is 0 Å². The fraction of sp³-hybridized carbons (Fsp3) is 0.875. The molecule has 0 saturated heterocycles. The number of methoxy groups -OCH3 is 1. The molecule has 1 rings (SSSR count). The van der Waals surface area contributed by atoms with E-state index in [-0.39, 0.29) is 12.5 Å². The minimum atomic E-state index is -0.0297. The van der Waals surface area contributed by atoms with Crippen LogP contribution in [0, 0.1) is 5.92 Å². The van der Waals surface area contributed by atoms with Gasteiger partial charge in [-0.15, -0.1) is 0 Å². The molecule has 4 nitrogen and oxygen atoms in total. The smallest absolute Gasteiger partial charge is 0.246 e. The second kappa shape index (κ2) is 4.42. The zero-order valence-corrected chi connectivity index (χ0v) is 7.38. The van der Waals surface area contributed by atoms with E-state index in [1.807, 2.05) is 0 Å². The van der Waals surface area contributed by atoms with Gasteiger partial charge in [0, 0.05) is 13.2 Å². The molecule has 0 unspecified atom stereocenters. The number of nitrogens with one attached hydrogen (secondary N) is 1. The van der Waals surface area contributed by atoms with E-state index in [1.165, 1.54) is 7.11 Å². The number of carbonyl (C=O) groups excluding carboxylic acids is 1. The minimum absolute atomic E-state index is 0.0297. The fourth-order valence-electron chi connectivity index (χ4n) is 1.45. The molecule has 70 valence electrons. The highest BCUT2D eigenvalue weighted by Crippen LogP contribution is 2.25. The molecule has 4 heteroatoms. The number of hydrogen-bond donors (Lipinski definition) is 2. The molecule has 0 bridgehead atoms. The molecule has 3 N–H and O–H groups in total. The molecule has 0 heterocycles. The summed E-state index contributed by atoms with van der Waals surface area (Å²) in [6, 6.07) is 0.334.